The van der Waals surface area contributed by atoms with Gasteiger partial charge >= 0.3 is 0 Å². The second kappa shape index (κ2) is 10.4. The zero-order valence-electron chi connectivity index (χ0n) is 16.9. The van der Waals surface area contributed by atoms with Crippen LogP contribution in [0.15, 0.2) is 53.4 Å². The molecule has 0 spiro atoms. The fraction of sp³-hybridized carbons (Fsp3) is 0.400. The summed E-state index contributed by atoms with van der Waals surface area (Å²) >= 11 is 0. The van der Waals surface area contributed by atoms with Crippen LogP contribution in [-0.2, 0) is 25.0 Å². The highest BCUT2D eigenvalue weighted by molar-refractivity contribution is 7.86. The molecule has 0 saturated heterocycles. The molecule has 1 atom stereocenters. The topological polar surface area (TPSA) is 121 Å². The van der Waals surface area contributed by atoms with Crippen molar-refractivity contribution in [2.45, 2.75) is 31.3 Å². The van der Waals surface area contributed by atoms with Crippen LogP contribution >= 0.6 is 0 Å². The second-order valence-electron chi connectivity index (χ2n) is 6.70. The van der Waals surface area contributed by atoms with Crippen molar-refractivity contribution in [2.75, 3.05) is 30.3 Å². The SMILES string of the molecule is CCN(CC)c1ccc(C(OCCCS(=O)(=O)O)c2ccc(S(=O)(=O)O)cc2)cc1. The van der Waals surface area contributed by atoms with Crippen LogP contribution < -0.4 is 4.90 Å². The molecule has 2 aromatic rings. The normalized spacial score (nSPS) is 13.2. The molecule has 1 unspecified atom stereocenters. The monoisotopic (exact) mass is 457 g/mol. The van der Waals surface area contributed by atoms with E-state index in [1.165, 1.54) is 24.3 Å². The van der Waals surface area contributed by atoms with Crippen molar-refractivity contribution in [2.24, 2.45) is 0 Å². The molecule has 2 rings (SSSR count). The first-order valence-electron chi connectivity index (χ1n) is 9.54. The van der Waals surface area contributed by atoms with Gasteiger partial charge in [0.1, 0.15) is 6.10 Å². The average molecular weight is 458 g/mol. The Balaban J connectivity index is 2.28. The highest BCUT2D eigenvalue weighted by atomic mass is 32.2. The smallest absolute Gasteiger partial charge is 0.294 e. The molecule has 0 bridgehead atoms. The van der Waals surface area contributed by atoms with E-state index in [1.807, 2.05) is 24.3 Å². The lowest BCUT2D eigenvalue weighted by molar-refractivity contribution is 0.0807. The van der Waals surface area contributed by atoms with Gasteiger partial charge in [-0.1, -0.05) is 24.3 Å². The van der Waals surface area contributed by atoms with Crippen LogP contribution in [0.1, 0.15) is 37.5 Å². The average Bonchev–Trinajstić information content (AvgIpc) is 2.68. The highest BCUT2D eigenvalue weighted by Gasteiger charge is 2.18. The molecule has 0 heterocycles. The maximum atomic E-state index is 11.3. The summed E-state index contributed by atoms with van der Waals surface area (Å²) in [6.45, 7) is 5.93. The van der Waals surface area contributed by atoms with Crippen molar-refractivity contribution in [1.82, 2.24) is 0 Å². The number of benzene rings is 2. The van der Waals surface area contributed by atoms with Crippen LogP contribution in [0, 0.1) is 0 Å². The molecule has 0 saturated carbocycles. The van der Waals surface area contributed by atoms with E-state index in [2.05, 4.69) is 18.7 Å². The van der Waals surface area contributed by atoms with Crippen molar-refractivity contribution in [3.63, 3.8) is 0 Å². The summed E-state index contributed by atoms with van der Waals surface area (Å²) in [5, 5.41) is 0. The minimum atomic E-state index is -4.31. The van der Waals surface area contributed by atoms with Crippen molar-refractivity contribution >= 4 is 25.9 Å². The van der Waals surface area contributed by atoms with Gasteiger partial charge in [0, 0.05) is 25.4 Å². The van der Waals surface area contributed by atoms with Crippen molar-refractivity contribution < 1.29 is 30.7 Å². The lowest BCUT2D eigenvalue weighted by Gasteiger charge is -2.23. The maximum absolute atomic E-state index is 11.3. The van der Waals surface area contributed by atoms with Crippen LogP contribution in [0.3, 0.4) is 0 Å². The number of rotatable bonds is 11. The predicted octanol–water partition coefficient (Wildman–Crippen LogP) is 3.16. The number of nitrogens with zero attached hydrogens (tertiary/aromatic N) is 1. The van der Waals surface area contributed by atoms with Gasteiger partial charge in [0.15, 0.2) is 0 Å². The Morgan fingerprint density at radius 1 is 0.867 bits per heavy atom. The molecule has 2 N–H and O–H groups in total. The van der Waals surface area contributed by atoms with Crippen LogP contribution in [0.2, 0.25) is 0 Å². The Bertz CT molecular complexity index is 1010. The minimum Gasteiger partial charge on any atom is -0.372 e. The largest absolute Gasteiger partial charge is 0.372 e. The molecule has 2 aromatic carbocycles. The van der Waals surface area contributed by atoms with Crippen LogP contribution in [0.4, 0.5) is 5.69 Å². The summed E-state index contributed by atoms with van der Waals surface area (Å²) in [7, 11) is -8.38. The Kier molecular flexibility index (Phi) is 8.39. The molecule has 8 nitrogen and oxygen atoms in total. The molecule has 0 radical (unpaired) electrons. The number of hydrogen-bond acceptors (Lipinski definition) is 6. The molecular formula is C20H27NO7S2. The van der Waals surface area contributed by atoms with E-state index in [0.717, 1.165) is 24.3 Å². The molecule has 0 aliphatic heterocycles. The molecule has 30 heavy (non-hydrogen) atoms. The molecule has 10 heteroatoms. The highest BCUT2D eigenvalue weighted by Crippen LogP contribution is 2.29. The van der Waals surface area contributed by atoms with Crippen LogP contribution in [0.5, 0.6) is 0 Å². The Hall–Kier alpha value is -1.98. The molecule has 0 fully saturated rings. The van der Waals surface area contributed by atoms with E-state index in [4.69, 9.17) is 9.29 Å². The van der Waals surface area contributed by atoms with Gasteiger partial charge in [-0.05, 0) is 55.7 Å². The third kappa shape index (κ3) is 7.06. The standard InChI is InChI=1S/C20H27NO7S2/c1-3-21(4-2)18-10-6-16(7-11-18)20(28-14-5-15-29(22,23)24)17-8-12-19(13-9-17)30(25,26)27/h6-13,20H,3-5,14-15H2,1-2H3,(H,22,23,24)(H,25,26,27). The third-order valence-corrected chi connectivity index (χ3v) is 6.31. The van der Waals surface area contributed by atoms with Gasteiger partial charge in [0.2, 0.25) is 0 Å². The third-order valence-electron chi connectivity index (χ3n) is 4.64. The zero-order chi connectivity index (χ0) is 22.4. The summed E-state index contributed by atoms with van der Waals surface area (Å²) in [6, 6.07) is 13.4. The first-order valence-corrected chi connectivity index (χ1v) is 12.6. The second-order valence-corrected chi connectivity index (χ2v) is 9.69. The fourth-order valence-electron chi connectivity index (χ4n) is 3.09. The Labute approximate surface area is 178 Å². The summed E-state index contributed by atoms with van der Waals surface area (Å²) in [4.78, 5) is 1.96. The van der Waals surface area contributed by atoms with E-state index in [9.17, 15) is 21.4 Å². The van der Waals surface area contributed by atoms with Gasteiger partial charge in [-0.3, -0.25) is 9.11 Å². The molecule has 0 aliphatic carbocycles. The van der Waals surface area contributed by atoms with Gasteiger partial charge in [-0.25, -0.2) is 0 Å². The van der Waals surface area contributed by atoms with E-state index in [-0.39, 0.29) is 17.9 Å². The number of ether oxygens (including phenoxy) is 1. The van der Waals surface area contributed by atoms with Gasteiger partial charge in [0.05, 0.1) is 10.6 Å². The van der Waals surface area contributed by atoms with Crippen LogP contribution in [0.25, 0.3) is 0 Å². The van der Waals surface area contributed by atoms with E-state index < -0.39 is 32.1 Å². The fourth-order valence-corrected chi connectivity index (χ4v) is 4.05. The van der Waals surface area contributed by atoms with Gasteiger partial charge in [-0.2, -0.15) is 16.8 Å². The van der Waals surface area contributed by atoms with E-state index in [0.29, 0.717) is 5.56 Å². The number of anilines is 1. The quantitative estimate of drug-likeness (QED) is 0.390. The molecule has 0 aromatic heterocycles. The first kappa shape index (κ1) is 24.3. The molecule has 0 aliphatic rings. The lowest BCUT2D eigenvalue weighted by atomic mass is 10.0. The molecule has 0 amide bonds. The van der Waals surface area contributed by atoms with Gasteiger partial charge in [-0.15, -0.1) is 0 Å². The lowest BCUT2D eigenvalue weighted by Crippen LogP contribution is -2.21. The summed E-state index contributed by atoms with van der Waals surface area (Å²) in [5.41, 5.74) is 2.50. The van der Waals surface area contributed by atoms with E-state index in [1.54, 1.807) is 0 Å². The molecule has 166 valence electrons. The summed E-state index contributed by atoms with van der Waals surface area (Å²) in [6.07, 6.45) is -0.469. The summed E-state index contributed by atoms with van der Waals surface area (Å²) in [5.74, 6) is -0.414. The minimum absolute atomic E-state index is 0.0717. The molecular weight excluding hydrogens is 430 g/mol. The van der Waals surface area contributed by atoms with Gasteiger partial charge in [0.25, 0.3) is 20.2 Å². The Morgan fingerprint density at radius 2 is 1.37 bits per heavy atom. The van der Waals surface area contributed by atoms with Crippen molar-refractivity contribution in [3.05, 3.63) is 59.7 Å². The van der Waals surface area contributed by atoms with E-state index >= 15 is 0 Å². The number of hydrogen-bond donors (Lipinski definition) is 2. The zero-order valence-corrected chi connectivity index (χ0v) is 18.6. The summed E-state index contributed by atoms with van der Waals surface area (Å²) < 4.78 is 68.4. The van der Waals surface area contributed by atoms with Crippen LogP contribution in [-0.4, -0.2) is 51.4 Å². The van der Waals surface area contributed by atoms with Crippen molar-refractivity contribution in [1.29, 1.82) is 0 Å². The first-order chi connectivity index (χ1) is 14.0. The van der Waals surface area contributed by atoms with Crippen molar-refractivity contribution in [3.8, 4) is 0 Å². The predicted molar refractivity (Wildman–Crippen MR) is 115 cm³/mol. The maximum Gasteiger partial charge on any atom is 0.294 e. The Morgan fingerprint density at radius 3 is 1.80 bits per heavy atom. The van der Waals surface area contributed by atoms with Gasteiger partial charge < -0.3 is 9.64 Å².